The van der Waals surface area contributed by atoms with Crippen molar-refractivity contribution in [3.8, 4) is 5.75 Å². The highest BCUT2D eigenvalue weighted by molar-refractivity contribution is 6.09. The van der Waals surface area contributed by atoms with Crippen molar-refractivity contribution < 1.29 is 23.8 Å². The quantitative estimate of drug-likeness (QED) is 0.112. The second-order valence-corrected chi connectivity index (χ2v) is 7.55. The van der Waals surface area contributed by atoms with Crippen molar-refractivity contribution in [2.75, 3.05) is 7.11 Å². The van der Waals surface area contributed by atoms with Crippen LogP contribution in [0.5, 0.6) is 5.75 Å². The summed E-state index contributed by atoms with van der Waals surface area (Å²) < 4.78 is 9.78. The molecule has 31 heavy (non-hydrogen) atoms. The molecule has 1 heterocycles. The van der Waals surface area contributed by atoms with Gasteiger partial charge in [-0.3, -0.25) is 9.59 Å². The van der Waals surface area contributed by atoms with Crippen molar-refractivity contribution >= 4 is 11.8 Å². The summed E-state index contributed by atoms with van der Waals surface area (Å²) in [6.07, 6.45) is 13.5. The molecule has 0 aliphatic carbocycles. The summed E-state index contributed by atoms with van der Waals surface area (Å²) >= 11 is 0. The molecule has 0 spiro atoms. The Morgan fingerprint density at radius 3 is 2.52 bits per heavy atom. The van der Waals surface area contributed by atoms with Crippen LogP contribution in [-0.2, 0) is 16.0 Å². The summed E-state index contributed by atoms with van der Waals surface area (Å²) in [5.74, 6) is -0.900. The predicted molar refractivity (Wildman–Crippen MR) is 121 cm³/mol. The van der Waals surface area contributed by atoms with Crippen molar-refractivity contribution in [2.24, 2.45) is 0 Å². The molecule has 0 amide bonds. The highest BCUT2D eigenvalue weighted by Gasteiger charge is 2.20. The summed E-state index contributed by atoms with van der Waals surface area (Å²) in [6.45, 7) is 5.77. The van der Waals surface area contributed by atoms with Gasteiger partial charge in [0.25, 0.3) is 0 Å². The zero-order chi connectivity index (χ0) is 23.2. The average molecular weight is 431 g/mol. The van der Waals surface area contributed by atoms with Crippen LogP contribution in [0.4, 0.5) is 0 Å². The Hall–Kier alpha value is -2.89. The van der Waals surface area contributed by atoms with Gasteiger partial charge < -0.3 is 14.3 Å². The Morgan fingerprint density at radius 2 is 1.87 bits per heavy atom. The molecule has 0 bridgehead atoms. The molecule has 0 saturated heterocycles. The number of rotatable bonds is 13. The van der Waals surface area contributed by atoms with Gasteiger partial charge in [-0.1, -0.05) is 49.6 Å². The van der Waals surface area contributed by atoms with Gasteiger partial charge in [-0.2, -0.15) is 0 Å². The molecule has 0 aromatic carbocycles. The van der Waals surface area contributed by atoms with Gasteiger partial charge >= 0.3 is 11.6 Å². The SMILES string of the molecule is CCCCC/C(C)=C\C=C(/C)C(=O)c1c(O)cc(CCC/C=C/CC(=O)OC)oc1=O. The third-order valence-electron chi connectivity index (χ3n) is 4.83. The van der Waals surface area contributed by atoms with E-state index in [1.54, 1.807) is 19.1 Å². The number of hydrogen-bond donors (Lipinski definition) is 1. The Balaban J connectivity index is 2.74. The van der Waals surface area contributed by atoms with Crippen LogP contribution in [0.15, 0.2) is 50.7 Å². The normalized spacial score (nSPS) is 12.4. The Labute approximate surface area is 184 Å². The maximum absolute atomic E-state index is 12.6. The van der Waals surface area contributed by atoms with E-state index in [4.69, 9.17) is 4.42 Å². The van der Waals surface area contributed by atoms with E-state index >= 15 is 0 Å². The molecule has 170 valence electrons. The van der Waals surface area contributed by atoms with Crippen LogP contribution in [0.2, 0.25) is 0 Å². The molecule has 0 aliphatic heterocycles. The number of aryl methyl sites for hydroxylation is 1. The van der Waals surface area contributed by atoms with Crippen molar-refractivity contribution in [1.82, 2.24) is 0 Å². The first-order valence-corrected chi connectivity index (χ1v) is 10.8. The van der Waals surface area contributed by atoms with Crippen LogP contribution in [0, 0.1) is 0 Å². The monoisotopic (exact) mass is 430 g/mol. The molecule has 1 aromatic rings. The third-order valence-corrected chi connectivity index (χ3v) is 4.83. The van der Waals surface area contributed by atoms with E-state index < -0.39 is 11.4 Å². The highest BCUT2D eigenvalue weighted by Crippen LogP contribution is 2.20. The van der Waals surface area contributed by atoms with Gasteiger partial charge in [-0.25, -0.2) is 4.79 Å². The van der Waals surface area contributed by atoms with Crippen molar-refractivity contribution in [3.05, 3.63) is 63.3 Å². The maximum Gasteiger partial charge on any atom is 0.351 e. The minimum Gasteiger partial charge on any atom is -0.507 e. The number of esters is 1. The van der Waals surface area contributed by atoms with Gasteiger partial charge in [0.15, 0.2) is 5.78 Å². The van der Waals surface area contributed by atoms with E-state index in [0.717, 1.165) is 31.3 Å². The summed E-state index contributed by atoms with van der Waals surface area (Å²) in [7, 11) is 1.34. The Morgan fingerprint density at radius 1 is 1.13 bits per heavy atom. The van der Waals surface area contributed by atoms with Crippen LogP contribution in [0.1, 0.15) is 81.8 Å². The first-order chi connectivity index (χ1) is 14.8. The number of ether oxygens (including phenoxy) is 1. The fourth-order valence-electron chi connectivity index (χ4n) is 2.91. The fraction of sp³-hybridized carbons (Fsp3) is 0.480. The number of methoxy groups -OCH3 is 1. The zero-order valence-electron chi connectivity index (χ0n) is 19.0. The Kier molecular flexibility index (Phi) is 12.0. The fourth-order valence-corrected chi connectivity index (χ4v) is 2.91. The molecule has 0 unspecified atom stereocenters. The van der Waals surface area contributed by atoms with E-state index in [1.807, 2.05) is 19.1 Å². The second-order valence-electron chi connectivity index (χ2n) is 7.55. The van der Waals surface area contributed by atoms with Crippen LogP contribution in [-0.4, -0.2) is 24.0 Å². The van der Waals surface area contributed by atoms with Gasteiger partial charge in [0.2, 0.25) is 0 Å². The smallest absolute Gasteiger partial charge is 0.351 e. The lowest BCUT2D eigenvalue weighted by molar-refractivity contribution is -0.139. The number of allylic oxidation sites excluding steroid dienone is 5. The van der Waals surface area contributed by atoms with Gasteiger partial charge in [0.05, 0.1) is 13.5 Å². The maximum atomic E-state index is 12.6. The topological polar surface area (TPSA) is 93.8 Å². The number of carbonyl (C=O) groups is 2. The highest BCUT2D eigenvalue weighted by atomic mass is 16.5. The molecule has 0 saturated carbocycles. The zero-order valence-corrected chi connectivity index (χ0v) is 19.0. The summed E-state index contributed by atoms with van der Waals surface area (Å²) in [5.41, 5.74) is 0.346. The van der Waals surface area contributed by atoms with E-state index in [0.29, 0.717) is 30.6 Å². The molecule has 1 rings (SSSR count). The molecule has 6 heteroatoms. The van der Waals surface area contributed by atoms with Gasteiger partial charge in [-0.15, -0.1) is 0 Å². The first kappa shape index (κ1) is 26.1. The summed E-state index contributed by atoms with van der Waals surface area (Å²) in [5, 5.41) is 10.3. The minimum absolute atomic E-state index is 0.212. The van der Waals surface area contributed by atoms with Gasteiger partial charge in [0.1, 0.15) is 17.1 Å². The summed E-state index contributed by atoms with van der Waals surface area (Å²) in [4.78, 5) is 35.9. The standard InChI is InChI=1S/C25H34O6/c1-5-6-9-12-18(2)15-16-19(3)24(28)23-21(26)17-20(31-25(23)29)13-10-7-8-11-14-22(27)30-4/h8,11,15-17,26H,5-7,9-10,12-14H2,1-4H3/b11-8+,18-15-,19-16+. The number of ketones is 1. The number of aromatic hydroxyl groups is 1. The van der Waals surface area contributed by atoms with E-state index in [-0.39, 0.29) is 23.7 Å². The molecule has 0 aliphatic rings. The first-order valence-electron chi connectivity index (χ1n) is 10.8. The molecule has 0 radical (unpaired) electrons. The number of carbonyl (C=O) groups excluding carboxylic acids is 2. The van der Waals surface area contributed by atoms with Gasteiger partial charge in [0, 0.05) is 12.5 Å². The number of hydrogen-bond acceptors (Lipinski definition) is 6. The number of Topliss-reactive ketones (excluding diaryl/α,β-unsaturated/α-hetero) is 1. The van der Waals surface area contributed by atoms with Crippen molar-refractivity contribution in [3.63, 3.8) is 0 Å². The summed E-state index contributed by atoms with van der Waals surface area (Å²) in [6, 6.07) is 1.33. The van der Waals surface area contributed by atoms with Crippen LogP contribution in [0.25, 0.3) is 0 Å². The molecular weight excluding hydrogens is 396 g/mol. The predicted octanol–water partition coefficient (Wildman–Crippen LogP) is 5.44. The van der Waals surface area contributed by atoms with Crippen molar-refractivity contribution in [1.29, 1.82) is 0 Å². The van der Waals surface area contributed by atoms with E-state index in [1.165, 1.54) is 13.2 Å². The van der Waals surface area contributed by atoms with E-state index in [2.05, 4.69) is 11.7 Å². The van der Waals surface area contributed by atoms with Crippen molar-refractivity contribution in [2.45, 2.75) is 72.1 Å². The molecule has 1 aromatic heterocycles. The Bertz CT molecular complexity index is 886. The van der Waals surface area contributed by atoms with Gasteiger partial charge in [-0.05, 0) is 45.1 Å². The average Bonchev–Trinajstić information content (AvgIpc) is 2.73. The van der Waals surface area contributed by atoms with Crippen LogP contribution >= 0.6 is 0 Å². The van der Waals surface area contributed by atoms with Crippen LogP contribution in [0.3, 0.4) is 0 Å². The molecule has 1 N–H and O–H groups in total. The molecule has 6 nitrogen and oxygen atoms in total. The number of unbranched alkanes of at least 4 members (excludes halogenated alkanes) is 3. The lowest BCUT2D eigenvalue weighted by atomic mass is 10.0. The third kappa shape index (κ3) is 9.64. The molecule has 0 fully saturated rings. The minimum atomic E-state index is -0.836. The largest absolute Gasteiger partial charge is 0.507 e. The van der Waals surface area contributed by atoms with E-state index in [9.17, 15) is 19.5 Å². The lowest BCUT2D eigenvalue weighted by Crippen LogP contribution is -2.16. The molecular formula is C25H34O6. The lowest BCUT2D eigenvalue weighted by Gasteiger charge is -2.05. The van der Waals surface area contributed by atoms with Crippen LogP contribution < -0.4 is 5.63 Å². The second kappa shape index (κ2) is 14.2. The molecule has 0 atom stereocenters.